The second-order valence-corrected chi connectivity index (χ2v) is 6.11. The van der Waals surface area contributed by atoms with Gasteiger partial charge in [0.05, 0.1) is 11.4 Å². The van der Waals surface area contributed by atoms with Gasteiger partial charge in [0.25, 0.3) is 0 Å². The maximum atomic E-state index is 12.2. The minimum absolute atomic E-state index is 0.0500. The zero-order chi connectivity index (χ0) is 15.6. The molecule has 0 aliphatic heterocycles. The molecule has 0 aliphatic rings. The molecule has 0 aliphatic carbocycles. The van der Waals surface area contributed by atoms with Crippen LogP contribution >= 0.6 is 11.6 Å². The number of pyridine rings is 1. The maximum absolute atomic E-state index is 12.2. The van der Waals surface area contributed by atoms with Crippen LogP contribution in [0.4, 0.5) is 19.0 Å². The highest BCUT2D eigenvalue weighted by atomic mass is 35.5. The van der Waals surface area contributed by atoms with E-state index in [0.717, 1.165) is 19.2 Å². The van der Waals surface area contributed by atoms with Gasteiger partial charge in [0.1, 0.15) is 4.90 Å². The molecule has 0 aromatic carbocycles. The van der Waals surface area contributed by atoms with Gasteiger partial charge in [-0.15, -0.1) is 0 Å². The van der Waals surface area contributed by atoms with Crippen molar-refractivity contribution in [1.29, 1.82) is 0 Å². The summed E-state index contributed by atoms with van der Waals surface area (Å²) in [6, 6.07) is -0.280. The van der Waals surface area contributed by atoms with Gasteiger partial charge in [0.15, 0.2) is 5.82 Å². The Bertz CT molecular complexity index is 579. The zero-order valence-electron chi connectivity index (χ0n) is 10.2. The Labute approximate surface area is 118 Å². The number of aromatic nitrogens is 1. The molecule has 1 atom stereocenters. The van der Waals surface area contributed by atoms with E-state index in [-0.39, 0.29) is 15.7 Å². The number of nitrogens with two attached hydrogens (primary N) is 1. The lowest BCUT2D eigenvalue weighted by Gasteiger charge is -2.16. The van der Waals surface area contributed by atoms with Crippen molar-refractivity contribution in [2.24, 2.45) is 5.84 Å². The van der Waals surface area contributed by atoms with E-state index < -0.39 is 28.7 Å². The summed E-state index contributed by atoms with van der Waals surface area (Å²) < 4.78 is 62.1. The molecule has 4 N–H and O–H groups in total. The molecule has 1 aromatic rings. The number of anilines is 1. The minimum atomic E-state index is -4.47. The monoisotopic (exact) mass is 332 g/mol. The van der Waals surface area contributed by atoms with Gasteiger partial charge in [-0.2, -0.15) is 13.2 Å². The van der Waals surface area contributed by atoms with Crippen molar-refractivity contribution in [2.45, 2.75) is 30.5 Å². The average molecular weight is 333 g/mol. The molecule has 0 amide bonds. The number of alkyl halides is 3. The van der Waals surface area contributed by atoms with Crippen molar-refractivity contribution < 1.29 is 21.6 Å². The Morgan fingerprint density at radius 2 is 2.10 bits per heavy atom. The molecule has 0 saturated carbocycles. The van der Waals surface area contributed by atoms with E-state index in [9.17, 15) is 21.6 Å². The summed E-state index contributed by atoms with van der Waals surface area (Å²) in [6.07, 6.45) is -4.81. The SMILES string of the molecule is CC(CC(F)(F)F)NS(=O)(=O)c1cnc(NN)c(Cl)c1. The predicted molar refractivity (Wildman–Crippen MR) is 67.5 cm³/mol. The molecule has 11 heteroatoms. The first-order valence-electron chi connectivity index (χ1n) is 5.26. The Kier molecular flexibility index (Phi) is 5.19. The largest absolute Gasteiger partial charge is 0.390 e. The smallest absolute Gasteiger partial charge is 0.307 e. The molecule has 0 fully saturated rings. The molecule has 1 unspecified atom stereocenters. The van der Waals surface area contributed by atoms with Gasteiger partial charge in [-0.1, -0.05) is 11.6 Å². The zero-order valence-corrected chi connectivity index (χ0v) is 11.8. The maximum Gasteiger partial charge on any atom is 0.390 e. The van der Waals surface area contributed by atoms with Gasteiger partial charge in [0.2, 0.25) is 10.0 Å². The van der Waals surface area contributed by atoms with E-state index in [1.807, 2.05) is 4.72 Å². The molecule has 0 radical (unpaired) electrons. The normalized spacial score (nSPS) is 14.1. The Morgan fingerprint density at radius 1 is 1.50 bits per heavy atom. The molecule has 0 saturated heterocycles. The Morgan fingerprint density at radius 3 is 2.55 bits per heavy atom. The predicted octanol–water partition coefficient (Wildman–Crippen LogP) is 1.64. The first-order valence-corrected chi connectivity index (χ1v) is 7.12. The molecule has 114 valence electrons. The van der Waals surface area contributed by atoms with E-state index >= 15 is 0 Å². The molecule has 6 nitrogen and oxygen atoms in total. The fourth-order valence-electron chi connectivity index (χ4n) is 1.40. The van der Waals surface area contributed by atoms with Crippen LogP contribution < -0.4 is 16.0 Å². The molecule has 1 heterocycles. The molecule has 0 spiro atoms. The van der Waals surface area contributed by atoms with E-state index in [1.165, 1.54) is 0 Å². The third-order valence-corrected chi connectivity index (χ3v) is 4.00. The van der Waals surface area contributed by atoms with Crippen LogP contribution in [0, 0.1) is 0 Å². The van der Waals surface area contributed by atoms with Crippen LogP contribution in [-0.4, -0.2) is 25.6 Å². The minimum Gasteiger partial charge on any atom is -0.307 e. The van der Waals surface area contributed by atoms with Gasteiger partial charge >= 0.3 is 6.18 Å². The highest BCUT2D eigenvalue weighted by Gasteiger charge is 2.32. The summed E-state index contributed by atoms with van der Waals surface area (Å²) in [5.74, 6) is 5.12. The lowest BCUT2D eigenvalue weighted by atomic mass is 10.2. The van der Waals surface area contributed by atoms with Crippen LogP contribution in [0.5, 0.6) is 0 Å². The van der Waals surface area contributed by atoms with E-state index in [0.29, 0.717) is 0 Å². The fourth-order valence-corrected chi connectivity index (χ4v) is 2.89. The number of halogens is 4. The summed E-state index contributed by atoms with van der Waals surface area (Å²) in [5, 5.41) is -0.0705. The summed E-state index contributed by atoms with van der Waals surface area (Å²) in [7, 11) is -4.14. The lowest BCUT2D eigenvalue weighted by Crippen LogP contribution is -2.36. The summed E-state index contributed by atoms with van der Waals surface area (Å²) in [6.45, 7) is 1.11. The highest BCUT2D eigenvalue weighted by Crippen LogP contribution is 2.24. The number of nitrogen functional groups attached to an aromatic ring is 1. The number of hydrazine groups is 1. The van der Waals surface area contributed by atoms with Gasteiger partial charge < -0.3 is 5.43 Å². The number of rotatable bonds is 5. The third-order valence-electron chi connectivity index (χ3n) is 2.16. The van der Waals surface area contributed by atoms with Crippen LogP contribution in [0.15, 0.2) is 17.2 Å². The second kappa shape index (κ2) is 6.12. The van der Waals surface area contributed by atoms with Crippen molar-refractivity contribution in [3.8, 4) is 0 Å². The van der Waals surface area contributed by atoms with Crippen LogP contribution in [0.2, 0.25) is 5.02 Å². The third kappa shape index (κ3) is 4.78. The van der Waals surface area contributed by atoms with E-state index in [2.05, 4.69) is 10.4 Å². The standard InChI is InChI=1S/C9H12ClF3N4O2S/c1-5(3-9(11,12)13)17-20(18,19)6-2-7(10)8(16-14)15-4-6/h2,4-5,17H,3,14H2,1H3,(H,15,16). The van der Waals surface area contributed by atoms with Crippen molar-refractivity contribution >= 4 is 27.4 Å². The van der Waals surface area contributed by atoms with Crippen LogP contribution in [0.3, 0.4) is 0 Å². The quantitative estimate of drug-likeness (QED) is 0.562. The van der Waals surface area contributed by atoms with E-state index in [1.54, 1.807) is 0 Å². The van der Waals surface area contributed by atoms with Crippen LogP contribution in [0.25, 0.3) is 0 Å². The summed E-state index contributed by atoms with van der Waals surface area (Å²) in [4.78, 5) is 3.28. The van der Waals surface area contributed by atoms with Gasteiger partial charge in [-0.25, -0.2) is 24.0 Å². The summed E-state index contributed by atoms with van der Waals surface area (Å²) >= 11 is 5.70. The number of nitrogens with zero attached hydrogens (tertiary/aromatic N) is 1. The van der Waals surface area contributed by atoms with Crippen LogP contribution in [-0.2, 0) is 10.0 Å². The van der Waals surface area contributed by atoms with Crippen molar-refractivity contribution in [2.75, 3.05) is 5.43 Å². The van der Waals surface area contributed by atoms with Crippen molar-refractivity contribution in [3.05, 3.63) is 17.3 Å². The second-order valence-electron chi connectivity index (χ2n) is 3.99. The van der Waals surface area contributed by atoms with Crippen LogP contribution in [0.1, 0.15) is 13.3 Å². The molecule has 20 heavy (non-hydrogen) atoms. The molecular formula is C9H12ClF3N4O2S. The summed E-state index contributed by atoms with van der Waals surface area (Å²) in [5.41, 5.74) is 2.14. The number of sulfonamides is 1. The first kappa shape index (κ1) is 17.0. The van der Waals surface area contributed by atoms with Gasteiger partial charge in [-0.3, -0.25) is 0 Å². The lowest BCUT2D eigenvalue weighted by molar-refractivity contribution is -0.137. The fraction of sp³-hybridized carbons (Fsp3) is 0.444. The number of hydrogen-bond acceptors (Lipinski definition) is 5. The first-order chi connectivity index (χ1) is 9.05. The number of hydrogen-bond donors (Lipinski definition) is 3. The average Bonchev–Trinajstić information content (AvgIpc) is 2.25. The van der Waals surface area contributed by atoms with Crippen molar-refractivity contribution in [1.82, 2.24) is 9.71 Å². The molecule has 0 bridgehead atoms. The van der Waals surface area contributed by atoms with E-state index in [4.69, 9.17) is 17.4 Å². The Balaban J connectivity index is 2.91. The molecular weight excluding hydrogens is 321 g/mol. The Hall–Kier alpha value is -1.10. The van der Waals surface area contributed by atoms with Gasteiger partial charge in [0, 0.05) is 12.2 Å². The molecule has 1 aromatic heterocycles. The number of nitrogens with one attached hydrogen (secondary N) is 2. The molecule has 1 rings (SSSR count). The van der Waals surface area contributed by atoms with Crippen molar-refractivity contribution in [3.63, 3.8) is 0 Å². The van der Waals surface area contributed by atoms with Gasteiger partial charge in [-0.05, 0) is 13.0 Å². The highest BCUT2D eigenvalue weighted by molar-refractivity contribution is 7.89. The topological polar surface area (TPSA) is 97.1 Å².